The van der Waals surface area contributed by atoms with Crippen LogP contribution in [0.5, 0.6) is 0 Å². The van der Waals surface area contributed by atoms with E-state index in [2.05, 4.69) is 5.32 Å². The van der Waals surface area contributed by atoms with Crippen molar-refractivity contribution in [2.45, 2.75) is 18.2 Å². The number of rotatable bonds is 1. The van der Waals surface area contributed by atoms with E-state index < -0.39 is 0 Å². The first-order valence-electron chi connectivity index (χ1n) is 2.69. The van der Waals surface area contributed by atoms with Crippen LogP contribution in [0, 0.1) is 11.5 Å². The average molecular weight is 128 g/mol. The molecular formula is C5H8N2S. The van der Waals surface area contributed by atoms with Gasteiger partial charge in [0.1, 0.15) is 0 Å². The second-order valence-electron chi connectivity index (χ2n) is 1.76. The smallest absolute Gasteiger partial charge is 0.177 e. The SMILES string of the molecule is N#CNC1CCCS1. The van der Waals surface area contributed by atoms with Crippen LogP contribution in [0.2, 0.25) is 0 Å². The van der Waals surface area contributed by atoms with E-state index in [1.54, 1.807) is 0 Å². The second-order valence-corrected chi connectivity index (χ2v) is 3.07. The van der Waals surface area contributed by atoms with Gasteiger partial charge >= 0.3 is 0 Å². The molecule has 2 nitrogen and oxygen atoms in total. The quantitative estimate of drug-likeness (QED) is 0.421. The molecule has 0 aromatic carbocycles. The lowest BCUT2D eigenvalue weighted by molar-refractivity contribution is 0.734. The van der Waals surface area contributed by atoms with Crippen molar-refractivity contribution in [2.75, 3.05) is 5.75 Å². The Balaban J connectivity index is 2.17. The number of nitrogens with zero attached hydrogens (tertiary/aromatic N) is 1. The fourth-order valence-corrected chi connectivity index (χ4v) is 1.85. The van der Waals surface area contributed by atoms with Crippen molar-refractivity contribution in [3.8, 4) is 6.19 Å². The molecular weight excluding hydrogens is 120 g/mol. The summed E-state index contributed by atoms with van der Waals surface area (Å²) in [4.78, 5) is 0. The summed E-state index contributed by atoms with van der Waals surface area (Å²) in [6, 6.07) is 0. The first kappa shape index (κ1) is 5.77. The van der Waals surface area contributed by atoms with Gasteiger partial charge in [-0.05, 0) is 18.6 Å². The monoisotopic (exact) mass is 128 g/mol. The highest BCUT2D eigenvalue weighted by Crippen LogP contribution is 2.22. The number of nitriles is 1. The molecule has 0 aliphatic carbocycles. The predicted octanol–water partition coefficient (Wildman–Crippen LogP) is 0.910. The van der Waals surface area contributed by atoms with Crippen LogP contribution in [-0.2, 0) is 0 Å². The maximum Gasteiger partial charge on any atom is 0.177 e. The van der Waals surface area contributed by atoms with Crippen LogP contribution in [-0.4, -0.2) is 11.1 Å². The molecule has 0 aromatic rings. The highest BCUT2D eigenvalue weighted by Gasteiger charge is 2.13. The molecule has 1 unspecified atom stereocenters. The van der Waals surface area contributed by atoms with Crippen LogP contribution >= 0.6 is 11.8 Å². The van der Waals surface area contributed by atoms with Crippen LogP contribution in [0.3, 0.4) is 0 Å². The maximum absolute atomic E-state index is 8.15. The summed E-state index contributed by atoms with van der Waals surface area (Å²) in [7, 11) is 0. The number of thioether (sulfide) groups is 1. The molecule has 3 heteroatoms. The van der Waals surface area contributed by atoms with E-state index in [0.717, 1.165) is 6.42 Å². The molecule has 1 atom stereocenters. The third-order valence-electron chi connectivity index (χ3n) is 1.16. The van der Waals surface area contributed by atoms with Crippen LogP contribution in [0.1, 0.15) is 12.8 Å². The standard InChI is InChI=1S/C5H8N2S/c6-4-7-5-2-1-3-8-5/h5,7H,1-3H2. The van der Waals surface area contributed by atoms with Crippen molar-refractivity contribution in [3.63, 3.8) is 0 Å². The molecule has 1 fully saturated rings. The van der Waals surface area contributed by atoms with Gasteiger partial charge in [0.05, 0.1) is 5.37 Å². The Morgan fingerprint density at radius 2 is 2.62 bits per heavy atom. The minimum atomic E-state index is 0.417. The molecule has 1 aliphatic heterocycles. The van der Waals surface area contributed by atoms with Gasteiger partial charge < -0.3 is 5.32 Å². The lowest BCUT2D eigenvalue weighted by Crippen LogP contribution is -2.16. The molecule has 1 rings (SSSR count). The van der Waals surface area contributed by atoms with Crippen LogP contribution in [0.4, 0.5) is 0 Å². The Morgan fingerprint density at radius 1 is 1.75 bits per heavy atom. The highest BCUT2D eigenvalue weighted by atomic mass is 32.2. The lowest BCUT2D eigenvalue weighted by atomic mass is 10.3. The molecule has 44 valence electrons. The largest absolute Gasteiger partial charge is 0.311 e. The van der Waals surface area contributed by atoms with Crippen molar-refractivity contribution >= 4 is 11.8 Å². The third kappa shape index (κ3) is 1.31. The van der Waals surface area contributed by atoms with Crippen molar-refractivity contribution in [1.29, 1.82) is 5.26 Å². The summed E-state index contributed by atoms with van der Waals surface area (Å²) >= 11 is 1.83. The zero-order chi connectivity index (χ0) is 5.82. The summed E-state index contributed by atoms with van der Waals surface area (Å²) in [6.07, 6.45) is 4.34. The molecule has 8 heavy (non-hydrogen) atoms. The number of hydrogen-bond acceptors (Lipinski definition) is 3. The Bertz CT molecular complexity index is 101. The van der Waals surface area contributed by atoms with Gasteiger partial charge in [-0.2, -0.15) is 5.26 Å². The van der Waals surface area contributed by atoms with E-state index in [0.29, 0.717) is 5.37 Å². The van der Waals surface area contributed by atoms with E-state index in [4.69, 9.17) is 5.26 Å². The normalized spacial score (nSPS) is 27.1. The molecule has 1 saturated heterocycles. The molecule has 1 heterocycles. The van der Waals surface area contributed by atoms with E-state index in [1.807, 2.05) is 18.0 Å². The molecule has 0 aromatic heterocycles. The highest BCUT2D eigenvalue weighted by molar-refractivity contribution is 8.00. The first-order chi connectivity index (χ1) is 3.93. The van der Waals surface area contributed by atoms with E-state index in [-0.39, 0.29) is 0 Å². The number of hydrogen-bond donors (Lipinski definition) is 1. The van der Waals surface area contributed by atoms with Crippen molar-refractivity contribution in [1.82, 2.24) is 5.32 Å². The first-order valence-corrected chi connectivity index (χ1v) is 3.74. The van der Waals surface area contributed by atoms with Gasteiger partial charge in [-0.1, -0.05) is 0 Å². The molecule has 1 aliphatic rings. The molecule has 0 radical (unpaired) electrons. The average Bonchev–Trinajstić information content (AvgIpc) is 2.19. The molecule has 0 saturated carbocycles. The van der Waals surface area contributed by atoms with Gasteiger partial charge in [0.25, 0.3) is 0 Å². The van der Waals surface area contributed by atoms with Crippen LogP contribution < -0.4 is 5.32 Å². The lowest BCUT2D eigenvalue weighted by Gasteiger charge is -2.01. The topological polar surface area (TPSA) is 35.8 Å². The fourth-order valence-electron chi connectivity index (χ4n) is 0.763. The summed E-state index contributed by atoms with van der Waals surface area (Å²) in [5, 5.41) is 11.3. The summed E-state index contributed by atoms with van der Waals surface area (Å²) in [5.74, 6) is 1.21. The van der Waals surface area contributed by atoms with Crippen LogP contribution in [0.15, 0.2) is 0 Å². The molecule has 0 amide bonds. The minimum Gasteiger partial charge on any atom is -0.311 e. The maximum atomic E-state index is 8.15. The fraction of sp³-hybridized carbons (Fsp3) is 0.800. The van der Waals surface area contributed by atoms with E-state index >= 15 is 0 Å². The Morgan fingerprint density at radius 3 is 3.12 bits per heavy atom. The van der Waals surface area contributed by atoms with Gasteiger partial charge in [-0.25, -0.2) is 0 Å². The van der Waals surface area contributed by atoms with Gasteiger partial charge in [-0.15, -0.1) is 11.8 Å². The van der Waals surface area contributed by atoms with Crippen molar-refractivity contribution < 1.29 is 0 Å². The van der Waals surface area contributed by atoms with Crippen molar-refractivity contribution in [2.24, 2.45) is 0 Å². The van der Waals surface area contributed by atoms with E-state index in [1.165, 1.54) is 12.2 Å². The Kier molecular flexibility index (Phi) is 2.04. The van der Waals surface area contributed by atoms with Gasteiger partial charge in [0.15, 0.2) is 6.19 Å². The Labute approximate surface area is 53.3 Å². The van der Waals surface area contributed by atoms with Crippen molar-refractivity contribution in [3.05, 3.63) is 0 Å². The van der Waals surface area contributed by atoms with Gasteiger partial charge in [-0.3, -0.25) is 0 Å². The summed E-state index contributed by atoms with van der Waals surface area (Å²) < 4.78 is 0. The zero-order valence-corrected chi connectivity index (χ0v) is 5.37. The second kappa shape index (κ2) is 2.83. The summed E-state index contributed by atoms with van der Waals surface area (Å²) in [6.45, 7) is 0. The van der Waals surface area contributed by atoms with Crippen LogP contribution in [0.25, 0.3) is 0 Å². The molecule has 0 spiro atoms. The third-order valence-corrected chi connectivity index (χ3v) is 2.44. The molecule has 0 bridgehead atoms. The number of nitrogens with one attached hydrogen (secondary N) is 1. The minimum absolute atomic E-state index is 0.417. The van der Waals surface area contributed by atoms with Gasteiger partial charge in [0.2, 0.25) is 0 Å². The predicted molar refractivity (Wildman–Crippen MR) is 34.2 cm³/mol. The summed E-state index contributed by atoms with van der Waals surface area (Å²) in [5.41, 5.74) is 0. The zero-order valence-electron chi connectivity index (χ0n) is 4.55. The Hall–Kier alpha value is -0.360. The van der Waals surface area contributed by atoms with Gasteiger partial charge in [0, 0.05) is 0 Å². The molecule has 1 N–H and O–H groups in total. The van der Waals surface area contributed by atoms with E-state index in [9.17, 15) is 0 Å².